The summed E-state index contributed by atoms with van der Waals surface area (Å²) >= 11 is 0. The van der Waals surface area contributed by atoms with Crippen LogP contribution in [0.4, 0.5) is 5.82 Å². The first kappa shape index (κ1) is 15.9. The van der Waals surface area contributed by atoms with E-state index in [1.807, 2.05) is 55.5 Å². The normalized spacial score (nSPS) is 10.0. The van der Waals surface area contributed by atoms with E-state index in [4.69, 9.17) is 11.2 Å². The number of para-hydroxylation sites is 1. The largest absolute Gasteiger partial charge is 0.481 e. The van der Waals surface area contributed by atoms with Gasteiger partial charge in [-0.3, -0.25) is 0 Å². The molecule has 22 heavy (non-hydrogen) atoms. The van der Waals surface area contributed by atoms with Gasteiger partial charge in [0.2, 0.25) is 0 Å². The second kappa shape index (κ2) is 8.06. The van der Waals surface area contributed by atoms with E-state index in [2.05, 4.69) is 22.3 Å². The third-order valence-corrected chi connectivity index (χ3v) is 3.20. The Labute approximate surface area is 132 Å². The van der Waals surface area contributed by atoms with E-state index in [1.165, 1.54) is 0 Å². The van der Waals surface area contributed by atoms with Crippen molar-refractivity contribution in [3.05, 3.63) is 53.7 Å². The third-order valence-electron chi connectivity index (χ3n) is 3.20. The van der Waals surface area contributed by atoms with Crippen molar-refractivity contribution < 1.29 is 4.74 Å². The number of pyridine rings is 1. The highest BCUT2D eigenvalue weighted by Crippen LogP contribution is 2.17. The van der Waals surface area contributed by atoms with E-state index < -0.39 is 0 Å². The maximum Gasteiger partial charge on any atom is 0.148 e. The van der Waals surface area contributed by atoms with E-state index in [1.54, 1.807) is 0 Å². The van der Waals surface area contributed by atoms with E-state index >= 15 is 0 Å². The minimum absolute atomic E-state index is 0.285. The summed E-state index contributed by atoms with van der Waals surface area (Å²) in [5.74, 6) is 4.27. The monoisotopic (exact) mass is 295 g/mol. The van der Waals surface area contributed by atoms with E-state index in [-0.39, 0.29) is 6.61 Å². The number of nitrogens with zero attached hydrogens (tertiary/aromatic N) is 2. The Balaban J connectivity index is 1.89. The molecule has 2 rings (SSSR count). The highest BCUT2D eigenvalue weighted by Gasteiger charge is 2.03. The summed E-state index contributed by atoms with van der Waals surface area (Å²) < 4.78 is 5.54. The van der Waals surface area contributed by atoms with Crippen LogP contribution in [-0.2, 0) is 13.1 Å². The van der Waals surface area contributed by atoms with Crippen LogP contribution < -0.4 is 15.0 Å². The van der Waals surface area contributed by atoms with Crippen LogP contribution in [0.15, 0.2) is 42.6 Å². The average molecular weight is 295 g/mol. The highest BCUT2D eigenvalue weighted by atomic mass is 16.5. The van der Waals surface area contributed by atoms with Gasteiger partial charge in [0, 0.05) is 38.9 Å². The second-order valence-electron chi connectivity index (χ2n) is 5.12. The molecule has 0 amide bonds. The van der Waals surface area contributed by atoms with Gasteiger partial charge in [-0.2, -0.15) is 0 Å². The summed E-state index contributed by atoms with van der Waals surface area (Å²) in [6, 6.07) is 12.0. The summed E-state index contributed by atoms with van der Waals surface area (Å²) in [4.78, 5) is 6.38. The van der Waals surface area contributed by atoms with Crippen LogP contribution in [0, 0.1) is 12.3 Å². The van der Waals surface area contributed by atoms with Crippen molar-refractivity contribution >= 4 is 5.82 Å². The molecule has 1 aromatic carbocycles. The van der Waals surface area contributed by atoms with Gasteiger partial charge in [-0.05, 0) is 17.7 Å². The van der Waals surface area contributed by atoms with Crippen molar-refractivity contribution in [1.29, 1.82) is 0 Å². The molecule has 0 aliphatic heterocycles. The Morgan fingerprint density at radius 1 is 1.18 bits per heavy atom. The first-order valence-corrected chi connectivity index (χ1v) is 7.18. The molecule has 0 saturated carbocycles. The SMILES string of the molecule is C#CCOc1ccccc1CNCc1ccc(N(C)C)nc1. The smallest absolute Gasteiger partial charge is 0.148 e. The summed E-state index contributed by atoms with van der Waals surface area (Å²) in [7, 11) is 3.96. The van der Waals surface area contributed by atoms with E-state index in [0.29, 0.717) is 0 Å². The van der Waals surface area contributed by atoms with Crippen molar-refractivity contribution in [3.63, 3.8) is 0 Å². The van der Waals surface area contributed by atoms with Gasteiger partial charge in [0.1, 0.15) is 18.2 Å². The molecule has 0 bridgehead atoms. The molecule has 1 aromatic heterocycles. The number of benzene rings is 1. The number of nitrogens with one attached hydrogen (secondary N) is 1. The van der Waals surface area contributed by atoms with Gasteiger partial charge in [0.25, 0.3) is 0 Å². The molecule has 0 spiro atoms. The molecule has 0 fully saturated rings. The van der Waals surface area contributed by atoms with Crippen molar-refractivity contribution in [3.8, 4) is 18.1 Å². The lowest BCUT2D eigenvalue weighted by molar-refractivity contribution is 0.365. The zero-order valence-electron chi connectivity index (χ0n) is 13.0. The number of hydrogen-bond acceptors (Lipinski definition) is 4. The van der Waals surface area contributed by atoms with Gasteiger partial charge in [0.15, 0.2) is 0 Å². The van der Waals surface area contributed by atoms with Crippen LogP contribution >= 0.6 is 0 Å². The lowest BCUT2D eigenvalue weighted by atomic mass is 10.2. The predicted molar refractivity (Wildman–Crippen MR) is 89.9 cm³/mol. The predicted octanol–water partition coefficient (Wildman–Crippen LogP) is 2.45. The molecule has 0 radical (unpaired) electrons. The Morgan fingerprint density at radius 3 is 2.68 bits per heavy atom. The quantitative estimate of drug-likeness (QED) is 0.796. The summed E-state index contributed by atoms with van der Waals surface area (Å²) in [6.07, 6.45) is 7.13. The first-order chi connectivity index (χ1) is 10.7. The fourth-order valence-corrected chi connectivity index (χ4v) is 2.04. The molecule has 0 aliphatic rings. The van der Waals surface area contributed by atoms with Gasteiger partial charge >= 0.3 is 0 Å². The number of ether oxygens (including phenoxy) is 1. The van der Waals surface area contributed by atoms with Gasteiger partial charge in [0.05, 0.1) is 0 Å². The summed E-state index contributed by atoms with van der Waals surface area (Å²) in [6.45, 7) is 1.76. The molecule has 0 saturated heterocycles. The fourth-order valence-electron chi connectivity index (χ4n) is 2.04. The summed E-state index contributed by atoms with van der Waals surface area (Å²) in [5.41, 5.74) is 2.24. The van der Waals surface area contributed by atoms with Crippen LogP contribution in [0.2, 0.25) is 0 Å². The maximum atomic E-state index is 5.54. The molecule has 1 N–H and O–H groups in total. The zero-order valence-corrected chi connectivity index (χ0v) is 13.0. The Hall–Kier alpha value is -2.51. The molecule has 0 unspecified atom stereocenters. The molecule has 0 aliphatic carbocycles. The fraction of sp³-hybridized carbons (Fsp3) is 0.278. The van der Waals surface area contributed by atoms with Gasteiger partial charge < -0.3 is 15.0 Å². The number of hydrogen-bond donors (Lipinski definition) is 1. The number of aromatic nitrogens is 1. The standard InChI is InChI=1S/C18H21N3O/c1-4-11-22-17-8-6-5-7-16(17)14-19-12-15-9-10-18(20-13-15)21(2)3/h1,5-10,13,19H,11-12,14H2,2-3H3. The lowest BCUT2D eigenvalue weighted by Gasteiger charge is -2.12. The van der Waals surface area contributed by atoms with Crippen molar-refractivity contribution in [1.82, 2.24) is 10.3 Å². The van der Waals surface area contributed by atoms with E-state index in [9.17, 15) is 0 Å². The van der Waals surface area contributed by atoms with Crippen molar-refractivity contribution in [2.24, 2.45) is 0 Å². The molecule has 114 valence electrons. The number of terminal acetylenes is 1. The molecule has 0 atom stereocenters. The van der Waals surface area contributed by atoms with Crippen molar-refractivity contribution in [2.45, 2.75) is 13.1 Å². The molecule has 4 nitrogen and oxygen atoms in total. The minimum atomic E-state index is 0.285. The Morgan fingerprint density at radius 2 is 2.00 bits per heavy atom. The van der Waals surface area contributed by atoms with Gasteiger partial charge in [-0.1, -0.05) is 30.2 Å². The molecule has 1 heterocycles. The molecular formula is C18H21N3O. The molecular weight excluding hydrogens is 274 g/mol. The Kier molecular flexibility index (Phi) is 5.81. The lowest BCUT2D eigenvalue weighted by Crippen LogP contribution is -2.15. The first-order valence-electron chi connectivity index (χ1n) is 7.18. The topological polar surface area (TPSA) is 37.4 Å². The van der Waals surface area contributed by atoms with Crippen LogP contribution in [0.1, 0.15) is 11.1 Å². The van der Waals surface area contributed by atoms with Crippen LogP contribution in [-0.4, -0.2) is 25.7 Å². The van der Waals surface area contributed by atoms with Crippen LogP contribution in [0.25, 0.3) is 0 Å². The van der Waals surface area contributed by atoms with Crippen LogP contribution in [0.5, 0.6) is 5.75 Å². The van der Waals surface area contributed by atoms with Crippen molar-refractivity contribution in [2.75, 3.05) is 25.6 Å². The van der Waals surface area contributed by atoms with E-state index in [0.717, 1.165) is 35.8 Å². The highest BCUT2D eigenvalue weighted by molar-refractivity contribution is 5.37. The van der Waals surface area contributed by atoms with Crippen LogP contribution in [0.3, 0.4) is 0 Å². The zero-order chi connectivity index (χ0) is 15.8. The number of rotatable bonds is 7. The number of anilines is 1. The Bertz CT molecular complexity index is 630. The second-order valence-corrected chi connectivity index (χ2v) is 5.12. The average Bonchev–Trinajstić information content (AvgIpc) is 2.54. The van der Waals surface area contributed by atoms with Gasteiger partial charge in [-0.25, -0.2) is 4.98 Å². The molecule has 2 aromatic rings. The molecule has 4 heteroatoms. The summed E-state index contributed by atoms with van der Waals surface area (Å²) in [5, 5.41) is 3.40. The van der Waals surface area contributed by atoms with Gasteiger partial charge in [-0.15, -0.1) is 6.42 Å². The third kappa shape index (κ3) is 4.51. The minimum Gasteiger partial charge on any atom is -0.481 e. The maximum absolute atomic E-state index is 5.54.